The zero-order valence-electron chi connectivity index (χ0n) is 7.31. The van der Waals surface area contributed by atoms with Gasteiger partial charge in [0.25, 0.3) is 0 Å². The van der Waals surface area contributed by atoms with Crippen molar-refractivity contribution >= 4 is 38.4 Å². The van der Waals surface area contributed by atoms with Crippen molar-refractivity contribution in [2.75, 3.05) is 18.0 Å². The summed E-state index contributed by atoms with van der Waals surface area (Å²) in [7, 11) is 0. The standard InChI is InChI=1S/C8H9BrN2O2S/c1-2-3-11(4-7(12)13)8-10-6(9)5-14-8/h2,5H,1,3-4H2,(H,12,13). The van der Waals surface area contributed by atoms with Crippen LogP contribution in [0.5, 0.6) is 0 Å². The Morgan fingerprint density at radius 3 is 3.00 bits per heavy atom. The van der Waals surface area contributed by atoms with Gasteiger partial charge in [-0.05, 0) is 15.9 Å². The Hall–Kier alpha value is -0.880. The number of aliphatic carboxylic acids is 1. The first-order chi connectivity index (χ1) is 6.63. The minimum atomic E-state index is -0.877. The second-order valence-corrected chi connectivity index (χ2v) is 4.16. The molecule has 14 heavy (non-hydrogen) atoms. The summed E-state index contributed by atoms with van der Waals surface area (Å²) in [5.41, 5.74) is 0. The number of carboxylic acids is 1. The van der Waals surface area contributed by atoms with Crippen LogP contribution in [0.2, 0.25) is 0 Å². The van der Waals surface area contributed by atoms with E-state index in [-0.39, 0.29) is 6.54 Å². The average Bonchev–Trinajstić information content (AvgIpc) is 2.50. The predicted molar refractivity (Wildman–Crippen MR) is 59.9 cm³/mol. The van der Waals surface area contributed by atoms with Crippen LogP contribution < -0.4 is 4.90 Å². The lowest BCUT2D eigenvalue weighted by Gasteiger charge is -2.16. The molecule has 0 amide bonds. The van der Waals surface area contributed by atoms with Crippen LogP contribution in [-0.4, -0.2) is 29.1 Å². The Balaban J connectivity index is 2.76. The van der Waals surface area contributed by atoms with Gasteiger partial charge in [-0.1, -0.05) is 6.08 Å². The fourth-order valence-corrected chi connectivity index (χ4v) is 2.18. The van der Waals surface area contributed by atoms with Crippen LogP contribution in [0.1, 0.15) is 0 Å². The monoisotopic (exact) mass is 276 g/mol. The molecule has 0 aromatic carbocycles. The van der Waals surface area contributed by atoms with Gasteiger partial charge in [0.05, 0.1) is 0 Å². The van der Waals surface area contributed by atoms with Crippen molar-refractivity contribution in [1.29, 1.82) is 0 Å². The number of nitrogens with zero attached hydrogens (tertiary/aromatic N) is 2. The summed E-state index contributed by atoms with van der Waals surface area (Å²) in [4.78, 5) is 16.3. The highest BCUT2D eigenvalue weighted by Gasteiger charge is 2.12. The van der Waals surface area contributed by atoms with Crippen LogP contribution in [-0.2, 0) is 4.79 Å². The zero-order chi connectivity index (χ0) is 10.6. The molecule has 0 unspecified atom stereocenters. The van der Waals surface area contributed by atoms with Gasteiger partial charge in [-0.15, -0.1) is 17.9 Å². The molecule has 0 aliphatic carbocycles. The minimum absolute atomic E-state index is 0.0635. The van der Waals surface area contributed by atoms with E-state index in [9.17, 15) is 4.79 Å². The van der Waals surface area contributed by atoms with Gasteiger partial charge < -0.3 is 10.0 Å². The quantitative estimate of drug-likeness (QED) is 0.836. The average molecular weight is 277 g/mol. The molecule has 0 atom stereocenters. The summed E-state index contributed by atoms with van der Waals surface area (Å²) < 4.78 is 0.719. The molecule has 0 radical (unpaired) electrons. The first-order valence-electron chi connectivity index (χ1n) is 3.82. The first-order valence-corrected chi connectivity index (χ1v) is 5.49. The Labute approximate surface area is 94.0 Å². The van der Waals surface area contributed by atoms with Crippen molar-refractivity contribution < 1.29 is 9.90 Å². The normalized spacial score (nSPS) is 9.79. The van der Waals surface area contributed by atoms with E-state index in [1.165, 1.54) is 11.3 Å². The molecule has 0 fully saturated rings. The highest BCUT2D eigenvalue weighted by molar-refractivity contribution is 9.10. The number of aromatic nitrogens is 1. The number of halogens is 1. The number of carboxylic acid groups (broad SMARTS) is 1. The summed E-state index contributed by atoms with van der Waals surface area (Å²) >= 11 is 4.61. The van der Waals surface area contributed by atoms with Crippen molar-refractivity contribution in [3.05, 3.63) is 22.6 Å². The molecular formula is C8H9BrN2O2S. The van der Waals surface area contributed by atoms with Crippen molar-refractivity contribution in [2.24, 2.45) is 0 Å². The Bertz CT molecular complexity index is 340. The van der Waals surface area contributed by atoms with Gasteiger partial charge in [-0.2, -0.15) is 0 Å². The van der Waals surface area contributed by atoms with E-state index < -0.39 is 5.97 Å². The molecule has 6 heteroatoms. The summed E-state index contributed by atoms with van der Waals surface area (Å²) in [5.74, 6) is -0.877. The molecule has 1 aromatic rings. The molecule has 0 aliphatic heterocycles. The molecular weight excluding hydrogens is 268 g/mol. The van der Waals surface area contributed by atoms with E-state index >= 15 is 0 Å². The predicted octanol–water partition coefficient (Wildman–Crippen LogP) is 1.98. The maximum absolute atomic E-state index is 10.6. The van der Waals surface area contributed by atoms with Gasteiger partial charge in [-0.3, -0.25) is 4.79 Å². The largest absolute Gasteiger partial charge is 0.480 e. The van der Waals surface area contributed by atoms with Crippen molar-refractivity contribution in [3.63, 3.8) is 0 Å². The molecule has 0 spiro atoms. The van der Waals surface area contributed by atoms with Crippen LogP contribution in [0.25, 0.3) is 0 Å². The molecule has 1 rings (SSSR count). The highest BCUT2D eigenvalue weighted by atomic mass is 79.9. The van der Waals surface area contributed by atoms with Crippen LogP contribution in [0.4, 0.5) is 5.13 Å². The molecule has 76 valence electrons. The summed E-state index contributed by atoms with van der Waals surface area (Å²) in [6.07, 6.45) is 1.65. The third-order valence-corrected chi connectivity index (χ3v) is 3.02. The second kappa shape index (κ2) is 5.11. The lowest BCUT2D eigenvalue weighted by molar-refractivity contribution is -0.135. The fraction of sp³-hybridized carbons (Fsp3) is 0.250. The fourth-order valence-electron chi connectivity index (χ4n) is 0.920. The molecule has 0 aliphatic rings. The zero-order valence-corrected chi connectivity index (χ0v) is 9.71. The van der Waals surface area contributed by atoms with Crippen LogP contribution in [0.3, 0.4) is 0 Å². The minimum Gasteiger partial charge on any atom is -0.480 e. The SMILES string of the molecule is C=CCN(CC(=O)O)c1nc(Br)cs1. The van der Waals surface area contributed by atoms with E-state index in [2.05, 4.69) is 27.5 Å². The topological polar surface area (TPSA) is 53.4 Å². The Morgan fingerprint density at radius 2 is 2.57 bits per heavy atom. The number of thiazole rings is 1. The van der Waals surface area contributed by atoms with Crippen LogP contribution >= 0.6 is 27.3 Å². The molecule has 1 aromatic heterocycles. The van der Waals surface area contributed by atoms with Gasteiger partial charge in [0.2, 0.25) is 0 Å². The molecule has 1 heterocycles. The molecule has 0 saturated heterocycles. The Morgan fingerprint density at radius 1 is 1.86 bits per heavy atom. The third kappa shape index (κ3) is 3.12. The molecule has 0 saturated carbocycles. The summed E-state index contributed by atoms with van der Waals surface area (Å²) in [5, 5.41) is 11.2. The number of carbonyl (C=O) groups is 1. The molecule has 1 N–H and O–H groups in total. The summed E-state index contributed by atoms with van der Waals surface area (Å²) in [6, 6.07) is 0. The summed E-state index contributed by atoms with van der Waals surface area (Å²) in [6.45, 7) is 3.99. The Kier molecular flexibility index (Phi) is 4.09. The smallest absolute Gasteiger partial charge is 0.323 e. The number of hydrogen-bond donors (Lipinski definition) is 1. The van der Waals surface area contributed by atoms with E-state index in [4.69, 9.17) is 5.11 Å². The number of hydrogen-bond acceptors (Lipinski definition) is 4. The molecule has 4 nitrogen and oxygen atoms in total. The first kappa shape index (κ1) is 11.2. The van der Waals surface area contributed by atoms with Gasteiger partial charge in [0.1, 0.15) is 11.1 Å². The van der Waals surface area contributed by atoms with Crippen molar-refractivity contribution in [1.82, 2.24) is 4.98 Å². The van der Waals surface area contributed by atoms with E-state index in [1.54, 1.807) is 11.0 Å². The number of anilines is 1. The van der Waals surface area contributed by atoms with E-state index in [1.807, 2.05) is 5.38 Å². The maximum Gasteiger partial charge on any atom is 0.323 e. The lowest BCUT2D eigenvalue weighted by atomic mass is 10.5. The second-order valence-electron chi connectivity index (χ2n) is 2.52. The van der Waals surface area contributed by atoms with Crippen molar-refractivity contribution in [3.8, 4) is 0 Å². The molecule has 0 bridgehead atoms. The van der Waals surface area contributed by atoms with Gasteiger partial charge in [-0.25, -0.2) is 4.98 Å². The van der Waals surface area contributed by atoms with E-state index in [0.29, 0.717) is 11.7 Å². The van der Waals surface area contributed by atoms with E-state index in [0.717, 1.165) is 4.60 Å². The van der Waals surface area contributed by atoms with Crippen LogP contribution in [0, 0.1) is 0 Å². The van der Waals surface area contributed by atoms with Crippen molar-refractivity contribution in [2.45, 2.75) is 0 Å². The lowest BCUT2D eigenvalue weighted by Crippen LogP contribution is -2.29. The number of rotatable bonds is 5. The third-order valence-electron chi connectivity index (χ3n) is 1.41. The van der Waals surface area contributed by atoms with Gasteiger partial charge in [0, 0.05) is 11.9 Å². The van der Waals surface area contributed by atoms with Gasteiger partial charge in [0.15, 0.2) is 5.13 Å². The van der Waals surface area contributed by atoms with Gasteiger partial charge >= 0.3 is 5.97 Å². The highest BCUT2D eigenvalue weighted by Crippen LogP contribution is 2.23. The maximum atomic E-state index is 10.6. The van der Waals surface area contributed by atoms with Crippen LogP contribution in [0.15, 0.2) is 22.6 Å².